The summed E-state index contributed by atoms with van der Waals surface area (Å²) in [5.41, 5.74) is 5.83. The van der Waals surface area contributed by atoms with Crippen LogP contribution >= 0.6 is 0 Å². The normalized spacial score (nSPS) is 12.9. The highest BCUT2D eigenvalue weighted by Crippen LogP contribution is 2.27. The van der Waals surface area contributed by atoms with Gasteiger partial charge in [-0.15, -0.1) is 19.7 Å². The van der Waals surface area contributed by atoms with Crippen molar-refractivity contribution in [2.45, 2.75) is 52.6 Å². The van der Waals surface area contributed by atoms with E-state index >= 15 is 0 Å². The van der Waals surface area contributed by atoms with Gasteiger partial charge in [0.2, 0.25) is 25.0 Å². The second-order valence-electron chi connectivity index (χ2n) is 8.35. The van der Waals surface area contributed by atoms with Crippen molar-refractivity contribution in [3.05, 3.63) is 49.0 Å². The Labute approximate surface area is 181 Å². The van der Waals surface area contributed by atoms with Crippen LogP contribution in [0.5, 0.6) is 0 Å². The van der Waals surface area contributed by atoms with Crippen molar-refractivity contribution in [3.8, 4) is 0 Å². The Morgan fingerprint density at radius 1 is 0.793 bits per heavy atom. The van der Waals surface area contributed by atoms with Gasteiger partial charge in [-0.3, -0.25) is 0 Å². The van der Waals surface area contributed by atoms with Crippen LogP contribution in [0.1, 0.15) is 13.3 Å². The minimum atomic E-state index is -3.55. The molecule has 0 aliphatic rings. The minimum absolute atomic E-state index is 0.211. The van der Waals surface area contributed by atoms with E-state index in [4.69, 9.17) is 21.5 Å². The monoisotopic (exact) mass is 474 g/mol. The Kier molecular flexibility index (Phi) is 11.2. The Hall–Kier alpha value is -0.862. The summed E-state index contributed by atoms with van der Waals surface area (Å²) in [5.74, 6) is -0.419. The molecule has 0 fully saturated rings. The van der Waals surface area contributed by atoms with Crippen LogP contribution in [0.4, 0.5) is 0 Å². The molecule has 0 N–H and O–H groups in total. The van der Waals surface area contributed by atoms with E-state index in [1.165, 1.54) is 0 Å². The smallest absolute Gasteiger partial charge is 0.462 e. The molecule has 0 heterocycles. The number of esters is 1. The SMILES string of the molecule is C=C[Si](C)(C)O[Si](OCCCOC(=O)C(=C)C)(O[Si](C)(C)C=C)O[Si](C)(C)C=C. The van der Waals surface area contributed by atoms with Gasteiger partial charge in [-0.25, -0.2) is 4.79 Å². The first-order chi connectivity index (χ1) is 13.1. The maximum Gasteiger partial charge on any atom is 0.648 e. The van der Waals surface area contributed by atoms with Gasteiger partial charge in [0.25, 0.3) is 0 Å². The van der Waals surface area contributed by atoms with Crippen LogP contribution in [-0.2, 0) is 26.3 Å². The molecule has 166 valence electrons. The lowest BCUT2D eigenvalue weighted by atomic mass is 10.4. The number of rotatable bonds is 15. The van der Waals surface area contributed by atoms with Crippen LogP contribution in [0, 0.1) is 0 Å². The molecule has 0 bridgehead atoms. The van der Waals surface area contributed by atoms with Crippen molar-refractivity contribution < 1.29 is 26.3 Å². The fourth-order valence-electron chi connectivity index (χ4n) is 1.79. The molecule has 0 aromatic carbocycles. The Balaban J connectivity index is 5.60. The van der Waals surface area contributed by atoms with Crippen molar-refractivity contribution in [1.82, 2.24) is 0 Å². The average Bonchev–Trinajstić information content (AvgIpc) is 2.59. The average molecular weight is 475 g/mol. The third-order valence-corrected chi connectivity index (χ3v) is 16.6. The van der Waals surface area contributed by atoms with E-state index in [0.717, 1.165) is 0 Å². The molecule has 29 heavy (non-hydrogen) atoms. The van der Waals surface area contributed by atoms with Crippen molar-refractivity contribution in [1.29, 1.82) is 0 Å². The molecule has 0 unspecified atom stereocenters. The van der Waals surface area contributed by atoms with Gasteiger partial charge in [0.05, 0.1) is 6.61 Å². The van der Waals surface area contributed by atoms with E-state index in [0.29, 0.717) is 12.0 Å². The van der Waals surface area contributed by atoms with Gasteiger partial charge in [-0.1, -0.05) is 23.7 Å². The molecule has 0 aromatic rings. The van der Waals surface area contributed by atoms with E-state index in [1.807, 2.05) is 56.4 Å². The topological polar surface area (TPSA) is 63.2 Å². The zero-order chi connectivity index (χ0) is 22.9. The molecule has 0 aliphatic carbocycles. The van der Waals surface area contributed by atoms with Crippen molar-refractivity contribution >= 4 is 40.0 Å². The van der Waals surface area contributed by atoms with Gasteiger partial charge in [0.15, 0.2) is 0 Å². The summed E-state index contributed by atoms with van der Waals surface area (Å²) in [7, 11) is -10.5. The Bertz CT molecular complexity index is 561. The van der Waals surface area contributed by atoms with Gasteiger partial charge in [-0.2, -0.15) is 0 Å². The second-order valence-corrected chi connectivity index (χ2v) is 22.9. The predicted octanol–water partition coefficient (Wildman–Crippen LogP) is 4.79. The second kappa shape index (κ2) is 11.5. The Morgan fingerprint density at radius 3 is 1.48 bits per heavy atom. The number of carbonyl (C=O) groups excluding carboxylic acids is 1. The van der Waals surface area contributed by atoms with Crippen LogP contribution in [-0.4, -0.2) is 53.2 Å². The summed E-state index contributed by atoms with van der Waals surface area (Å²) in [4.78, 5) is 11.5. The van der Waals surface area contributed by atoms with Gasteiger partial charge in [-0.05, 0) is 46.2 Å². The molecule has 0 aliphatic heterocycles. The maximum atomic E-state index is 11.5. The molecule has 0 aromatic heterocycles. The minimum Gasteiger partial charge on any atom is -0.462 e. The zero-order valence-electron chi connectivity index (χ0n) is 19.1. The van der Waals surface area contributed by atoms with Crippen LogP contribution in [0.15, 0.2) is 49.0 Å². The number of hydrogen-bond acceptors (Lipinski definition) is 6. The maximum absolute atomic E-state index is 11.5. The molecular weight excluding hydrogens is 437 g/mol. The highest BCUT2D eigenvalue weighted by atomic mass is 28.5. The Morgan fingerprint density at radius 2 is 1.17 bits per heavy atom. The lowest BCUT2D eigenvalue weighted by Gasteiger charge is -2.41. The molecule has 0 amide bonds. The number of hydrogen-bond donors (Lipinski definition) is 0. The molecule has 0 saturated carbocycles. The van der Waals surface area contributed by atoms with Gasteiger partial charge >= 0.3 is 15.0 Å². The predicted molar refractivity (Wildman–Crippen MR) is 128 cm³/mol. The molecule has 0 radical (unpaired) electrons. The van der Waals surface area contributed by atoms with Crippen LogP contribution in [0.25, 0.3) is 0 Å². The summed E-state index contributed by atoms with van der Waals surface area (Å²) >= 11 is 0. The van der Waals surface area contributed by atoms with Crippen molar-refractivity contribution in [3.63, 3.8) is 0 Å². The summed E-state index contributed by atoms with van der Waals surface area (Å²) in [5, 5.41) is 0. The molecule has 0 saturated heterocycles. The largest absolute Gasteiger partial charge is 0.648 e. The molecule has 0 rings (SSSR count). The van der Waals surface area contributed by atoms with Crippen LogP contribution in [0.2, 0.25) is 39.3 Å². The first-order valence-electron chi connectivity index (χ1n) is 9.61. The van der Waals surface area contributed by atoms with Gasteiger partial charge in [0.1, 0.15) is 0 Å². The molecule has 10 heteroatoms. The van der Waals surface area contributed by atoms with E-state index in [-0.39, 0.29) is 13.2 Å². The van der Waals surface area contributed by atoms with E-state index in [9.17, 15) is 4.79 Å². The van der Waals surface area contributed by atoms with Gasteiger partial charge in [0, 0.05) is 18.6 Å². The summed E-state index contributed by atoms with van der Waals surface area (Å²) in [6.45, 7) is 29.4. The highest BCUT2D eigenvalue weighted by molar-refractivity contribution is 6.91. The molecular formula is C19H38O6Si4. The molecule has 6 nitrogen and oxygen atoms in total. The van der Waals surface area contributed by atoms with Gasteiger partial charge < -0.3 is 21.5 Å². The molecule has 0 spiro atoms. The van der Waals surface area contributed by atoms with Crippen molar-refractivity contribution in [2.75, 3.05) is 13.2 Å². The summed E-state index contributed by atoms with van der Waals surface area (Å²) in [6, 6.07) is 0. The van der Waals surface area contributed by atoms with Crippen LogP contribution in [0.3, 0.4) is 0 Å². The third kappa shape index (κ3) is 11.2. The quantitative estimate of drug-likeness (QED) is 0.147. The van der Waals surface area contributed by atoms with E-state index < -0.39 is 40.0 Å². The fraction of sp³-hybridized carbons (Fsp3) is 0.526. The van der Waals surface area contributed by atoms with E-state index in [2.05, 4.69) is 26.3 Å². The first-order valence-corrected chi connectivity index (χ1v) is 20.2. The fourth-order valence-corrected chi connectivity index (χ4v) is 13.2. The standard InChI is InChI=1S/C19H38O6Si4/c1-12-26(6,7)23-29(24-27(8,9)13-2,25-28(10,11)14-3)22-17-15-16-21-19(20)18(4)5/h12-14H,1-4,15-17H2,5-11H3. The number of ether oxygens (including phenoxy) is 1. The molecule has 0 atom stereocenters. The zero-order valence-corrected chi connectivity index (χ0v) is 23.1. The highest BCUT2D eigenvalue weighted by Gasteiger charge is 2.54. The van der Waals surface area contributed by atoms with Crippen molar-refractivity contribution in [2.24, 2.45) is 0 Å². The number of carbonyl (C=O) groups is 1. The van der Waals surface area contributed by atoms with Crippen LogP contribution < -0.4 is 0 Å². The lowest BCUT2D eigenvalue weighted by Crippen LogP contribution is -2.63. The summed E-state index contributed by atoms with van der Waals surface area (Å²) < 4.78 is 30.7. The third-order valence-electron chi connectivity index (χ3n) is 3.79. The summed E-state index contributed by atoms with van der Waals surface area (Å²) in [6.07, 6.45) is 0.478. The lowest BCUT2D eigenvalue weighted by molar-refractivity contribution is -0.139. The first kappa shape index (κ1) is 28.1. The van der Waals surface area contributed by atoms with E-state index in [1.54, 1.807) is 6.92 Å².